The van der Waals surface area contributed by atoms with E-state index < -0.39 is 24.5 Å². The van der Waals surface area contributed by atoms with Crippen LogP contribution in [0.5, 0.6) is 0 Å². The predicted octanol–water partition coefficient (Wildman–Crippen LogP) is -1.04. The lowest BCUT2D eigenvalue weighted by Gasteiger charge is -2.11. The molecule has 0 saturated heterocycles. The summed E-state index contributed by atoms with van der Waals surface area (Å²) in [6, 6.07) is -1.11. The number of aromatic nitrogens is 2. The van der Waals surface area contributed by atoms with E-state index in [2.05, 4.69) is 10.3 Å². The van der Waals surface area contributed by atoms with E-state index in [1.807, 2.05) is 0 Å². The number of carbonyl (C=O) groups is 2. The average Bonchev–Trinajstić information content (AvgIpc) is 2.62. The van der Waals surface area contributed by atoms with Gasteiger partial charge in [0, 0.05) is 19.7 Å². The second-order valence-electron chi connectivity index (χ2n) is 3.34. The number of hydrogen-bond donors (Lipinski definition) is 2. The van der Waals surface area contributed by atoms with Crippen LogP contribution in [0.3, 0.4) is 0 Å². The van der Waals surface area contributed by atoms with Crippen molar-refractivity contribution in [3.63, 3.8) is 0 Å². The lowest BCUT2D eigenvalue weighted by Crippen LogP contribution is -2.43. The number of carboxylic acid groups (broad SMARTS) is 1. The highest BCUT2D eigenvalue weighted by molar-refractivity contribution is 5.84. The third-order valence-electron chi connectivity index (χ3n) is 1.94. The van der Waals surface area contributed by atoms with Gasteiger partial charge in [0.15, 0.2) is 6.61 Å². The number of aryl methyl sites for hydroxylation is 1. The zero-order chi connectivity index (χ0) is 12.1. The fourth-order valence-corrected chi connectivity index (χ4v) is 1.22. The van der Waals surface area contributed by atoms with Gasteiger partial charge in [-0.2, -0.15) is 0 Å². The van der Waals surface area contributed by atoms with Crippen molar-refractivity contribution in [1.82, 2.24) is 14.9 Å². The predicted molar refractivity (Wildman–Crippen MR) is 52.0 cm³/mol. The molecule has 1 amide bonds. The maximum atomic E-state index is 10.8. The van der Waals surface area contributed by atoms with Gasteiger partial charge in [-0.1, -0.05) is 0 Å². The molecule has 1 radical (unpaired) electrons. The van der Waals surface area contributed by atoms with Crippen LogP contribution in [-0.2, 0) is 28.2 Å². The summed E-state index contributed by atoms with van der Waals surface area (Å²) in [7, 11) is 1.75. The van der Waals surface area contributed by atoms with Crippen LogP contribution < -0.4 is 5.32 Å². The molecule has 2 N–H and O–H groups in total. The van der Waals surface area contributed by atoms with Gasteiger partial charge < -0.3 is 15.0 Å². The van der Waals surface area contributed by atoms with Gasteiger partial charge in [-0.3, -0.25) is 4.79 Å². The summed E-state index contributed by atoms with van der Waals surface area (Å²) in [6.07, 6.45) is 3.24. The molecule has 7 nitrogen and oxygen atoms in total. The minimum atomic E-state index is -1.19. The number of imidazole rings is 1. The van der Waals surface area contributed by atoms with E-state index in [0.29, 0.717) is 5.69 Å². The van der Waals surface area contributed by atoms with Gasteiger partial charge in [0.1, 0.15) is 6.04 Å². The normalized spacial score (nSPS) is 12.1. The fraction of sp³-hybridized carbons (Fsp3) is 0.444. The molecule has 0 bridgehead atoms. The quantitative estimate of drug-likeness (QED) is 0.669. The Kier molecular flexibility index (Phi) is 4.01. The molecule has 1 rings (SSSR count). The molecular formula is C9H12N3O4. The largest absolute Gasteiger partial charge is 0.480 e. The van der Waals surface area contributed by atoms with Gasteiger partial charge in [0.05, 0.1) is 12.0 Å². The van der Waals surface area contributed by atoms with Crippen LogP contribution in [0.2, 0.25) is 0 Å². The highest BCUT2D eigenvalue weighted by atomic mass is 16.4. The first kappa shape index (κ1) is 12.2. The summed E-state index contributed by atoms with van der Waals surface area (Å²) in [4.78, 5) is 25.6. The maximum absolute atomic E-state index is 10.8. The lowest BCUT2D eigenvalue weighted by atomic mass is 10.1. The summed E-state index contributed by atoms with van der Waals surface area (Å²) in [5.41, 5.74) is 0.543. The van der Waals surface area contributed by atoms with E-state index >= 15 is 0 Å². The molecule has 1 heterocycles. The van der Waals surface area contributed by atoms with Crippen molar-refractivity contribution in [3.8, 4) is 0 Å². The zero-order valence-electron chi connectivity index (χ0n) is 8.71. The van der Waals surface area contributed by atoms with E-state index in [-0.39, 0.29) is 6.42 Å². The van der Waals surface area contributed by atoms with E-state index in [0.717, 1.165) is 0 Å². The number of rotatable bonds is 5. The number of amides is 1. The molecular weight excluding hydrogens is 214 g/mol. The highest BCUT2D eigenvalue weighted by Gasteiger charge is 2.21. The molecule has 1 atom stereocenters. The molecule has 0 fully saturated rings. The Morgan fingerprint density at radius 2 is 2.31 bits per heavy atom. The Labute approximate surface area is 91.7 Å². The Morgan fingerprint density at radius 1 is 1.62 bits per heavy atom. The summed E-state index contributed by atoms with van der Waals surface area (Å²) in [6.45, 7) is -0.980. The van der Waals surface area contributed by atoms with Crippen molar-refractivity contribution < 1.29 is 19.8 Å². The summed E-state index contributed by atoms with van der Waals surface area (Å²) in [5.74, 6) is -2.02. The Balaban J connectivity index is 2.65. The van der Waals surface area contributed by atoms with Crippen LogP contribution in [-0.4, -0.2) is 39.2 Å². The van der Waals surface area contributed by atoms with Gasteiger partial charge in [0.2, 0.25) is 5.91 Å². The first-order chi connectivity index (χ1) is 7.52. The molecule has 87 valence electrons. The minimum Gasteiger partial charge on any atom is -0.480 e. The van der Waals surface area contributed by atoms with Crippen molar-refractivity contribution in [2.45, 2.75) is 12.5 Å². The van der Waals surface area contributed by atoms with Crippen LogP contribution in [0.4, 0.5) is 0 Å². The van der Waals surface area contributed by atoms with Crippen molar-refractivity contribution in [1.29, 1.82) is 0 Å². The molecule has 1 unspecified atom stereocenters. The SMILES string of the molecule is Cn1cnc(CC(NC(=O)C[O])C(=O)O)c1. The molecule has 0 aliphatic carbocycles. The monoisotopic (exact) mass is 226 g/mol. The van der Waals surface area contributed by atoms with Crippen molar-refractivity contribution in [2.75, 3.05) is 6.61 Å². The summed E-state index contributed by atoms with van der Waals surface area (Å²) >= 11 is 0. The third-order valence-corrected chi connectivity index (χ3v) is 1.94. The zero-order valence-corrected chi connectivity index (χ0v) is 8.71. The number of nitrogens with one attached hydrogen (secondary N) is 1. The number of hydrogen-bond acceptors (Lipinski definition) is 3. The topological polar surface area (TPSA) is 104 Å². The third kappa shape index (κ3) is 3.35. The van der Waals surface area contributed by atoms with Crippen molar-refractivity contribution in [3.05, 3.63) is 18.2 Å². The smallest absolute Gasteiger partial charge is 0.326 e. The number of carboxylic acids is 1. The van der Waals surface area contributed by atoms with Gasteiger partial charge in [0.25, 0.3) is 0 Å². The van der Waals surface area contributed by atoms with Crippen LogP contribution in [0.25, 0.3) is 0 Å². The molecule has 0 aromatic carbocycles. The molecule has 0 aliphatic heterocycles. The summed E-state index contributed by atoms with van der Waals surface area (Å²) in [5, 5.41) is 21.2. The van der Waals surface area contributed by atoms with Gasteiger partial charge in [-0.15, -0.1) is 0 Å². The molecule has 16 heavy (non-hydrogen) atoms. The second-order valence-corrected chi connectivity index (χ2v) is 3.34. The van der Waals surface area contributed by atoms with E-state index in [1.165, 1.54) is 6.33 Å². The number of aliphatic carboxylic acids is 1. The first-order valence-corrected chi connectivity index (χ1v) is 4.60. The van der Waals surface area contributed by atoms with Crippen LogP contribution >= 0.6 is 0 Å². The Hall–Kier alpha value is -1.89. The summed E-state index contributed by atoms with van der Waals surface area (Å²) < 4.78 is 1.67. The van der Waals surface area contributed by atoms with Gasteiger partial charge in [-0.05, 0) is 0 Å². The van der Waals surface area contributed by atoms with Crippen LogP contribution in [0, 0.1) is 0 Å². The highest BCUT2D eigenvalue weighted by Crippen LogP contribution is 2.00. The van der Waals surface area contributed by atoms with Crippen molar-refractivity contribution >= 4 is 11.9 Å². The number of carbonyl (C=O) groups excluding carboxylic acids is 1. The minimum absolute atomic E-state index is 0.0575. The van der Waals surface area contributed by atoms with E-state index in [1.54, 1.807) is 17.8 Å². The average molecular weight is 226 g/mol. The second kappa shape index (κ2) is 5.26. The van der Waals surface area contributed by atoms with Gasteiger partial charge >= 0.3 is 5.97 Å². The van der Waals surface area contributed by atoms with E-state index in [9.17, 15) is 14.7 Å². The van der Waals surface area contributed by atoms with E-state index in [4.69, 9.17) is 5.11 Å². The Morgan fingerprint density at radius 3 is 2.75 bits per heavy atom. The lowest BCUT2D eigenvalue weighted by molar-refractivity contribution is -0.142. The molecule has 0 spiro atoms. The molecule has 7 heteroatoms. The standard InChI is InChI=1S/C9H12N3O4/c1-12-3-6(10-5-12)2-7(9(15)16)11-8(14)4-13/h3,5,7H,2,4H2,1H3,(H,11,14)(H,15,16). The van der Waals surface area contributed by atoms with Crippen molar-refractivity contribution in [2.24, 2.45) is 7.05 Å². The molecule has 1 aromatic heterocycles. The Bertz CT molecular complexity index is 388. The molecule has 0 saturated carbocycles. The number of nitrogens with zero attached hydrogens (tertiary/aromatic N) is 2. The van der Waals surface area contributed by atoms with Gasteiger partial charge in [-0.25, -0.2) is 14.9 Å². The van der Waals surface area contributed by atoms with Crippen LogP contribution in [0.1, 0.15) is 5.69 Å². The van der Waals surface area contributed by atoms with Crippen LogP contribution in [0.15, 0.2) is 12.5 Å². The molecule has 1 aromatic rings. The fourth-order valence-electron chi connectivity index (χ4n) is 1.22. The first-order valence-electron chi connectivity index (χ1n) is 4.60. The molecule has 0 aliphatic rings. The maximum Gasteiger partial charge on any atom is 0.326 e.